The third-order valence-corrected chi connectivity index (χ3v) is 3.09. The molecule has 3 N–H and O–H groups in total. The van der Waals surface area contributed by atoms with Crippen LogP contribution < -0.4 is 5.32 Å². The minimum atomic E-state index is -0.815. The maximum absolute atomic E-state index is 10.9. The van der Waals surface area contributed by atoms with Crippen molar-refractivity contribution in [2.75, 3.05) is 31.8 Å². The summed E-state index contributed by atoms with van der Waals surface area (Å²) in [5.41, 5.74) is -0.497. The van der Waals surface area contributed by atoms with Gasteiger partial charge in [0.15, 0.2) is 0 Å². The maximum Gasteiger partial charge on any atom is 0.0518 e. The van der Waals surface area contributed by atoms with Crippen molar-refractivity contribution in [1.82, 2.24) is 5.32 Å². The summed E-state index contributed by atoms with van der Waals surface area (Å²) in [6, 6.07) is 0.137. The molecule has 0 saturated carbocycles. The molecule has 0 amide bonds. The van der Waals surface area contributed by atoms with Crippen molar-refractivity contribution in [2.24, 2.45) is 5.41 Å². The molecule has 0 aliphatic heterocycles. The molecule has 0 aromatic rings. The van der Waals surface area contributed by atoms with Crippen molar-refractivity contribution in [3.05, 3.63) is 0 Å². The number of rotatable bonds is 7. The van der Waals surface area contributed by atoms with Crippen molar-refractivity contribution >= 4 is 10.8 Å². The Balaban J connectivity index is 3.85. The Labute approximate surface area is 88.2 Å². The highest BCUT2D eigenvalue weighted by molar-refractivity contribution is 7.84. The van der Waals surface area contributed by atoms with Gasteiger partial charge in [0.05, 0.1) is 13.2 Å². The third kappa shape index (κ3) is 5.70. The van der Waals surface area contributed by atoms with Crippen molar-refractivity contribution in [3.8, 4) is 0 Å². The molecule has 0 aromatic heterocycles. The molecule has 0 saturated heterocycles. The molecule has 5 heteroatoms. The monoisotopic (exact) mass is 223 g/mol. The minimum Gasteiger partial charge on any atom is -0.396 e. The second-order valence-electron chi connectivity index (χ2n) is 4.15. The molecule has 0 aromatic carbocycles. The van der Waals surface area contributed by atoms with E-state index in [9.17, 15) is 4.21 Å². The van der Waals surface area contributed by atoms with Crippen LogP contribution >= 0.6 is 0 Å². The summed E-state index contributed by atoms with van der Waals surface area (Å²) in [5, 5.41) is 21.2. The Hall–Kier alpha value is 0.0300. The topological polar surface area (TPSA) is 69.6 Å². The van der Waals surface area contributed by atoms with Gasteiger partial charge in [0.25, 0.3) is 0 Å². The summed E-state index contributed by atoms with van der Waals surface area (Å²) in [4.78, 5) is 0. The molecule has 0 radical (unpaired) electrons. The van der Waals surface area contributed by atoms with Gasteiger partial charge in [-0.25, -0.2) is 0 Å². The van der Waals surface area contributed by atoms with E-state index in [1.54, 1.807) is 13.2 Å². The Bertz CT molecular complexity index is 183. The van der Waals surface area contributed by atoms with E-state index in [4.69, 9.17) is 10.2 Å². The Morgan fingerprint density at radius 1 is 1.43 bits per heavy atom. The van der Waals surface area contributed by atoms with Gasteiger partial charge in [0.1, 0.15) is 0 Å². The van der Waals surface area contributed by atoms with E-state index in [0.717, 1.165) is 0 Å². The van der Waals surface area contributed by atoms with Gasteiger partial charge >= 0.3 is 0 Å². The van der Waals surface area contributed by atoms with Crippen LogP contribution in [0.5, 0.6) is 0 Å². The molecule has 0 spiro atoms. The van der Waals surface area contributed by atoms with Gasteiger partial charge in [-0.3, -0.25) is 4.21 Å². The SMILES string of the molecule is CC(CS(C)=O)NCC(C)(CO)CO. The highest BCUT2D eigenvalue weighted by Crippen LogP contribution is 2.12. The second-order valence-corrected chi connectivity index (χ2v) is 5.63. The van der Waals surface area contributed by atoms with E-state index in [1.165, 1.54) is 0 Å². The first kappa shape index (κ1) is 14.0. The first-order chi connectivity index (χ1) is 6.43. The van der Waals surface area contributed by atoms with Gasteiger partial charge in [0.2, 0.25) is 0 Å². The second kappa shape index (κ2) is 6.50. The summed E-state index contributed by atoms with van der Waals surface area (Å²) in [6.07, 6.45) is 1.66. The van der Waals surface area contributed by atoms with Crippen LogP contribution in [0.2, 0.25) is 0 Å². The lowest BCUT2D eigenvalue weighted by Crippen LogP contribution is -2.43. The van der Waals surface area contributed by atoms with Gasteiger partial charge in [-0.05, 0) is 6.92 Å². The van der Waals surface area contributed by atoms with Crippen LogP contribution in [0.4, 0.5) is 0 Å². The lowest BCUT2D eigenvalue weighted by Gasteiger charge is -2.26. The Morgan fingerprint density at radius 2 is 1.93 bits per heavy atom. The Morgan fingerprint density at radius 3 is 2.29 bits per heavy atom. The molecule has 86 valence electrons. The van der Waals surface area contributed by atoms with Crippen LogP contribution in [0.1, 0.15) is 13.8 Å². The average Bonchev–Trinajstić information content (AvgIpc) is 2.13. The van der Waals surface area contributed by atoms with Gasteiger partial charge < -0.3 is 15.5 Å². The molecule has 0 aliphatic carbocycles. The number of nitrogens with one attached hydrogen (secondary N) is 1. The quantitative estimate of drug-likeness (QED) is 0.535. The summed E-state index contributed by atoms with van der Waals surface area (Å²) in [7, 11) is -0.815. The minimum absolute atomic E-state index is 0.0571. The Kier molecular flexibility index (Phi) is 6.52. The first-order valence-electron chi connectivity index (χ1n) is 4.68. The van der Waals surface area contributed by atoms with E-state index in [-0.39, 0.29) is 19.3 Å². The van der Waals surface area contributed by atoms with E-state index in [1.807, 2.05) is 6.92 Å². The molecule has 0 bridgehead atoms. The van der Waals surface area contributed by atoms with Gasteiger partial charge in [-0.1, -0.05) is 6.92 Å². The van der Waals surface area contributed by atoms with Crippen molar-refractivity contribution in [2.45, 2.75) is 19.9 Å². The molecule has 0 heterocycles. The number of hydrogen-bond donors (Lipinski definition) is 3. The lowest BCUT2D eigenvalue weighted by atomic mass is 9.93. The summed E-state index contributed by atoms with van der Waals surface area (Å²) in [6.45, 7) is 4.15. The molecular weight excluding hydrogens is 202 g/mol. The van der Waals surface area contributed by atoms with E-state index < -0.39 is 16.2 Å². The van der Waals surface area contributed by atoms with Crippen LogP contribution in [-0.2, 0) is 10.8 Å². The van der Waals surface area contributed by atoms with E-state index >= 15 is 0 Å². The standard InChI is InChI=1S/C9H21NO3S/c1-8(4-14(3)13)10-5-9(2,6-11)7-12/h8,10-12H,4-7H2,1-3H3. The van der Waals surface area contributed by atoms with Crippen LogP contribution in [-0.4, -0.2) is 52.2 Å². The number of hydrogen-bond acceptors (Lipinski definition) is 4. The highest BCUT2D eigenvalue weighted by atomic mass is 32.2. The summed E-state index contributed by atoms with van der Waals surface area (Å²) in [5.74, 6) is 0.590. The van der Waals surface area contributed by atoms with Crippen molar-refractivity contribution < 1.29 is 14.4 Å². The fourth-order valence-electron chi connectivity index (χ4n) is 0.993. The van der Waals surface area contributed by atoms with Gasteiger partial charge in [-0.2, -0.15) is 0 Å². The van der Waals surface area contributed by atoms with Crippen molar-refractivity contribution in [1.29, 1.82) is 0 Å². The molecular formula is C9H21NO3S. The molecule has 4 nitrogen and oxygen atoms in total. The van der Waals surface area contributed by atoms with Gasteiger partial charge in [-0.15, -0.1) is 0 Å². The molecule has 2 unspecified atom stereocenters. The van der Waals surface area contributed by atoms with E-state index in [2.05, 4.69) is 5.32 Å². The molecule has 2 atom stereocenters. The number of aliphatic hydroxyl groups excluding tert-OH is 2. The summed E-state index contributed by atoms with van der Waals surface area (Å²) < 4.78 is 10.9. The predicted molar refractivity (Wildman–Crippen MR) is 58.7 cm³/mol. The molecule has 0 fully saturated rings. The average molecular weight is 223 g/mol. The zero-order valence-electron chi connectivity index (χ0n) is 9.12. The maximum atomic E-state index is 10.9. The zero-order chi connectivity index (χ0) is 11.2. The van der Waals surface area contributed by atoms with Crippen LogP contribution in [0.25, 0.3) is 0 Å². The van der Waals surface area contributed by atoms with Crippen LogP contribution in [0.15, 0.2) is 0 Å². The number of aliphatic hydroxyl groups is 2. The molecule has 0 rings (SSSR count). The largest absolute Gasteiger partial charge is 0.396 e. The molecule has 0 aliphatic rings. The lowest BCUT2D eigenvalue weighted by molar-refractivity contribution is 0.0683. The third-order valence-electron chi connectivity index (χ3n) is 2.13. The smallest absolute Gasteiger partial charge is 0.0518 e. The van der Waals surface area contributed by atoms with Gasteiger partial charge in [0, 0.05) is 40.8 Å². The zero-order valence-corrected chi connectivity index (χ0v) is 9.93. The normalized spacial score (nSPS) is 16.6. The van der Waals surface area contributed by atoms with Crippen LogP contribution in [0.3, 0.4) is 0 Å². The van der Waals surface area contributed by atoms with Crippen LogP contribution in [0, 0.1) is 5.41 Å². The first-order valence-corrected chi connectivity index (χ1v) is 6.41. The predicted octanol–water partition coefficient (Wildman–Crippen LogP) is -0.666. The summed E-state index contributed by atoms with van der Waals surface area (Å²) >= 11 is 0. The fraction of sp³-hybridized carbons (Fsp3) is 1.00. The van der Waals surface area contributed by atoms with E-state index in [0.29, 0.717) is 12.3 Å². The van der Waals surface area contributed by atoms with Crippen molar-refractivity contribution in [3.63, 3.8) is 0 Å². The fourth-order valence-corrected chi connectivity index (χ4v) is 1.82. The molecule has 14 heavy (non-hydrogen) atoms. The highest BCUT2D eigenvalue weighted by Gasteiger charge is 2.22.